The van der Waals surface area contributed by atoms with Crippen LogP contribution in [0.5, 0.6) is 0 Å². The van der Waals surface area contributed by atoms with Gasteiger partial charge in [0.25, 0.3) is 0 Å². The number of nitrogens with zero attached hydrogens (tertiary/aromatic N) is 2. The lowest BCUT2D eigenvalue weighted by Crippen LogP contribution is -2.70. The zero-order valence-corrected chi connectivity index (χ0v) is 29.7. The summed E-state index contributed by atoms with van der Waals surface area (Å²) in [5, 5.41) is 13.2. The molecule has 5 saturated heterocycles. The fourth-order valence-electron chi connectivity index (χ4n) is 8.99. The zero-order valence-electron chi connectivity index (χ0n) is 28.8. The molecule has 1 amide bonds. The van der Waals surface area contributed by atoms with Crippen LogP contribution in [0.1, 0.15) is 37.9 Å². The van der Waals surface area contributed by atoms with Crippen LogP contribution in [0.2, 0.25) is 0 Å². The van der Waals surface area contributed by atoms with Gasteiger partial charge in [-0.25, -0.2) is 0 Å². The number of anilines is 3. The lowest BCUT2D eigenvalue weighted by molar-refractivity contribution is -0.274. The number of amides is 1. The van der Waals surface area contributed by atoms with Crippen molar-refractivity contribution in [2.45, 2.75) is 50.1 Å². The number of ether oxygens (including phenoxy) is 1. The number of hydrogen-bond donors (Lipinski definition) is 3. The molecule has 0 spiro atoms. The SMILES string of the molecule is CC[C@@]12CN3CC[C@H]1C[C@@H]3[C@H](c1ccnc3ccc(NC(=S)Nc4ccc5ccccc5c4-c4c(NC(=O)C(F)(F)F)ccc5ccccc45)cc13)O2. The van der Waals surface area contributed by atoms with Crippen LogP contribution in [0.3, 0.4) is 0 Å². The minimum absolute atomic E-state index is 0.0342. The van der Waals surface area contributed by atoms with E-state index in [-0.39, 0.29) is 22.5 Å². The fraction of sp³-hybridized carbons (Fsp3) is 0.262. The highest BCUT2D eigenvalue weighted by Crippen LogP contribution is 2.55. The molecule has 0 radical (unpaired) electrons. The summed E-state index contributed by atoms with van der Waals surface area (Å²) in [5.74, 6) is -1.45. The van der Waals surface area contributed by atoms with Crippen LogP contribution in [-0.2, 0) is 9.53 Å². The Morgan fingerprint density at radius 2 is 1.57 bits per heavy atom. The van der Waals surface area contributed by atoms with Crippen LogP contribution >= 0.6 is 12.2 Å². The van der Waals surface area contributed by atoms with Gasteiger partial charge in [-0.3, -0.25) is 14.7 Å². The van der Waals surface area contributed by atoms with Crippen LogP contribution in [0.15, 0.2) is 103 Å². The molecule has 11 rings (SSSR count). The molecule has 5 aromatic carbocycles. The van der Waals surface area contributed by atoms with Crippen molar-refractivity contribution >= 4 is 72.7 Å². The number of pyridine rings is 1. The van der Waals surface area contributed by atoms with Gasteiger partial charge in [-0.15, -0.1) is 0 Å². The van der Waals surface area contributed by atoms with Crippen LogP contribution in [-0.4, -0.2) is 51.8 Å². The second-order valence-corrected chi connectivity index (χ2v) is 14.7. The molecule has 3 N–H and O–H groups in total. The fourth-order valence-corrected chi connectivity index (χ4v) is 9.22. The molecule has 4 bridgehead atoms. The minimum atomic E-state index is -5.07. The first-order valence-electron chi connectivity index (χ1n) is 17.9. The normalized spacial score (nSPS) is 23.4. The summed E-state index contributed by atoms with van der Waals surface area (Å²) in [5.41, 5.74) is 4.26. The number of fused-ring (bicyclic) bond motifs is 5. The number of carbonyl (C=O) groups is 1. The monoisotopic (exact) mass is 731 g/mol. The second kappa shape index (κ2) is 12.8. The number of thiocarbonyl (C=S) groups is 1. The van der Waals surface area contributed by atoms with Gasteiger partial charge in [0.15, 0.2) is 5.11 Å². The Hall–Kier alpha value is -5.10. The molecule has 5 aliphatic rings. The molecular formula is C42H36F3N5O2S. The van der Waals surface area contributed by atoms with Gasteiger partial charge in [0.1, 0.15) is 0 Å². The Morgan fingerprint density at radius 3 is 2.21 bits per heavy atom. The summed E-state index contributed by atoms with van der Waals surface area (Å²) in [7, 11) is 0. The second-order valence-electron chi connectivity index (χ2n) is 14.3. The lowest BCUT2D eigenvalue weighted by atomic mass is 9.66. The van der Waals surface area contributed by atoms with Gasteiger partial charge in [0.05, 0.1) is 17.2 Å². The average molecular weight is 732 g/mol. The van der Waals surface area contributed by atoms with Gasteiger partial charge >= 0.3 is 12.1 Å². The molecule has 1 unspecified atom stereocenters. The van der Waals surface area contributed by atoms with Crippen LogP contribution < -0.4 is 16.0 Å². The number of halogens is 3. The maximum atomic E-state index is 13.6. The van der Waals surface area contributed by atoms with Gasteiger partial charge in [-0.1, -0.05) is 67.6 Å². The van der Waals surface area contributed by atoms with Gasteiger partial charge in [0.2, 0.25) is 0 Å². The number of hydrogen-bond acceptors (Lipinski definition) is 5. The minimum Gasteiger partial charge on any atom is -0.364 e. The number of rotatable bonds is 6. The van der Waals surface area contributed by atoms with E-state index in [1.165, 1.54) is 12.5 Å². The molecule has 6 heterocycles. The molecule has 5 fully saturated rings. The number of alkyl halides is 3. The quantitative estimate of drug-likeness (QED) is 0.147. The third kappa shape index (κ3) is 5.78. The van der Waals surface area contributed by atoms with E-state index in [1.807, 2.05) is 79.0 Å². The molecule has 6 aromatic rings. The summed E-state index contributed by atoms with van der Waals surface area (Å²) < 4.78 is 47.7. The third-order valence-electron chi connectivity index (χ3n) is 11.5. The van der Waals surface area contributed by atoms with Crippen molar-refractivity contribution in [1.29, 1.82) is 0 Å². The van der Waals surface area contributed by atoms with Crippen molar-refractivity contribution in [1.82, 2.24) is 9.88 Å². The Labute approximate surface area is 309 Å². The number of aromatic nitrogens is 1. The van der Waals surface area contributed by atoms with Gasteiger partial charge in [-0.05, 0) is 107 Å². The lowest BCUT2D eigenvalue weighted by Gasteiger charge is -2.64. The maximum Gasteiger partial charge on any atom is 0.471 e. The van der Waals surface area contributed by atoms with Crippen LogP contribution in [0.25, 0.3) is 43.6 Å². The summed E-state index contributed by atoms with van der Waals surface area (Å²) in [6, 6.07) is 30.4. The molecule has 5 aliphatic heterocycles. The molecular weight excluding hydrogens is 696 g/mol. The van der Waals surface area contributed by atoms with E-state index in [4.69, 9.17) is 17.0 Å². The molecule has 0 aliphatic carbocycles. The Bertz CT molecular complexity index is 2450. The average Bonchev–Trinajstić information content (AvgIpc) is 3.17. The van der Waals surface area contributed by atoms with Crippen molar-refractivity contribution in [3.8, 4) is 11.1 Å². The summed E-state index contributed by atoms with van der Waals surface area (Å²) >= 11 is 5.90. The van der Waals surface area contributed by atoms with E-state index in [0.717, 1.165) is 64.2 Å². The molecule has 268 valence electrons. The first-order chi connectivity index (χ1) is 25.6. The molecule has 11 heteroatoms. The van der Waals surface area contributed by atoms with E-state index in [0.29, 0.717) is 34.2 Å². The van der Waals surface area contributed by atoms with Gasteiger partial charge < -0.3 is 20.7 Å². The Morgan fingerprint density at radius 1 is 0.887 bits per heavy atom. The van der Waals surface area contributed by atoms with Crippen molar-refractivity contribution in [2.24, 2.45) is 5.92 Å². The van der Waals surface area contributed by atoms with Crippen molar-refractivity contribution in [2.75, 3.05) is 29.0 Å². The predicted molar refractivity (Wildman–Crippen MR) is 208 cm³/mol. The van der Waals surface area contributed by atoms with E-state index >= 15 is 0 Å². The molecule has 0 saturated carbocycles. The number of nitrogens with one attached hydrogen (secondary N) is 3. The number of benzene rings is 5. The highest BCUT2D eigenvalue weighted by atomic mass is 32.1. The van der Waals surface area contributed by atoms with E-state index < -0.39 is 12.1 Å². The van der Waals surface area contributed by atoms with Crippen molar-refractivity contribution in [3.05, 3.63) is 109 Å². The molecule has 5 atom stereocenters. The molecule has 1 aromatic heterocycles. The molecule has 7 nitrogen and oxygen atoms in total. The van der Waals surface area contributed by atoms with Crippen molar-refractivity contribution < 1.29 is 22.7 Å². The van der Waals surface area contributed by atoms with Crippen LogP contribution in [0, 0.1) is 5.92 Å². The standard InChI is InChI=1S/C42H36F3N5O2S/c1-2-41-23-50-20-18-26(41)21-35(50)38(52-41)30-17-19-46-32-16-13-27(22-31(30)32)47-40(53)49-34-15-12-25-8-4-6-10-29(25)37(34)36-28-9-5-3-7-24(28)11-14-33(36)48-39(51)42(43,44)45/h3-17,19,22,26,35,38H,2,18,20-21,23H2,1H3,(H,48,51)(H2,47,49,53)/t26-,35+,38-,41+/m0/s1. The largest absolute Gasteiger partial charge is 0.471 e. The Balaban J connectivity index is 1.08. The van der Waals surface area contributed by atoms with E-state index in [9.17, 15) is 18.0 Å². The topological polar surface area (TPSA) is 78.5 Å². The highest BCUT2D eigenvalue weighted by Gasteiger charge is 2.58. The number of piperidine rings is 3. The predicted octanol–water partition coefficient (Wildman–Crippen LogP) is 9.83. The zero-order chi connectivity index (χ0) is 36.5. The maximum absolute atomic E-state index is 13.6. The summed E-state index contributed by atoms with van der Waals surface area (Å²) in [6.07, 6.45) is 0.0454. The highest BCUT2D eigenvalue weighted by molar-refractivity contribution is 7.80. The number of carbonyl (C=O) groups excluding carboxylic acids is 1. The first-order valence-corrected chi connectivity index (χ1v) is 18.3. The van der Waals surface area contributed by atoms with Crippen LogP contribution in [0.4, 0.5) is 30.2 Å². The molecule has 53 heavy (non-hydrogen) atoms. The number of morpholine rings is 1. The third-order valence-corrected chi connectivity index (χ3v) is 11.7. The smallest absolute Gasteiger partial charge is 0.364 e. The van der Waals surface area contributed by atoms with E-state index in [1.54, 1.807) is 6.07 Å². The van der Waals surface area contributed by atoms with E-state index in [2.05, 4.69) is 44.9 Å². The van der Waals surface area contributed by atoms with Gasteiger partial charge in [-0.2, -0.15) is 13.2 Å². The Kier molecular flexibility index (Phi) is 8.14. The van der Waals surface area contributed by atoms with Gasteiger partial charge in [0, 0.05) is 52.4 Å². The summed E-state index contributed by atoms with van der Waals surface area (Å²) in [4.78, 5) is 19.6. The first kappa shape index (κ1) is 33.7. The summed E-state index contributed by atoms with van der Waals surface area (Å²) in [6.45, 7) is 4.34. The van der Waals surface area contributed by atoms with Crippen molar-refractivity contribution in [3.63, 3.8) is 0 Å².